The number of carbonyl (C=O) groups is 1. The van der Waals surface area contributed by atoms with Gasteiger partial charge < -0.3 is 25.0 Å². The number of benzene rings is 3. The zero-order chi connectivity index (χ0) is 28.1. The number of carbonyl (C=O) groups excluding carboxylic acids is 1. The van der Waals surface area contributed by atoms with E-state index >= 15 is 0 Å². The van der Waals surface area contributed by atoms with Gasteiger partial charge >= 0.3 is 0 Å². The summed E-state index contributed by atoms with van der Waals surface area (Å²) in [5.41, 5.74) is 2.28. The molecule has 5 rings (SSSR count). The van der Waals surface area contributed by atoms with E-state index < -0.39 is 11.7 Å². The van der Waals surface area contributed by atoms with E-state index in [4.69, 9.17) is 9.47 Å². The molecule has 0 bridgehead atoms. The topological polar surface area (TPSA) is 88.0 Å². The van der Waals surface area contributed by atoms with Crippen LogP contribution in [-0.2, 0) is 6.42 Å². The summed E-state index contributed by atoms with van der Waals surface area (Å²) in [6, 6.07) is 25.1. The number of nitrogens with one attached hydrogen (secondary N) is 1. The summed E-state index contributed by atoms with van der Waals surface area (Å²) in [6.07, 6.45) is 5.60. The summed E-state index contributed by atoms with van der Waals surface area (Å²) in [5, 5.41) is 24.2. The zero-order valence-electron chi connectivity index (χ0n) is 23.2. The van der Waals surface area contributed by atoms with Crippen LogP contribution in [0, 0.1) is 11.8 Å². The smallest absolute Gasteiger partial charge is 0.251 e. The molecule has 0 aromatic heterocycles. The van der Waals surface area contributed by atoms with Crippen LogP contribution in [0.4, 0.5) is 0 Å². The van der Waals surface area contributed by atoms with Crippen molar-refractivity contribution < 1.29 is 24.5 Å². The van der Waals surface area contributed by atoms with Gasteiger partial charge in [-0.25, -0.2) is 0 Å². The largest absolute Gasteiger partial charge is 0.489 e. The van der Waals surface area contributed by atoms with Crippen molar-refractivity contribution in [3.8, 4) is 11.5 Å². The monoisotopic (exact) mass is 541 g/mol. The third-order valence-electron chi connectivity index (χ3n) is 8.21. The number of ether oxygens (including phenoxy) is 2. The summed E-state index contributed by atoms with van der Waals surface area (Å²) in [5.74, 6) is 1.30. The Morgan fingerprint density at radius 1 is 1.07 bits per heavy atom. The van der Waals surface area contributed by atoms with Gasteiger partial charge in [-0.05, 0) is 56.5 Å². The van der Waals surface area contributed by atoms with Crippen LogP contribution < -0.4 is 14.8 Å². The van der Waals surface area contributed by atoms with Crippen LogP contribution in [-0.4, -0.2) is 47.1 Å². The average Bonchev–Trinajstić information content (AvgIpc) is 3.47. The molecule has 210 valence electrons. The third-order valence-corrected chi connectivity index (χ3v) is 8.21. The van der Waals surface area contributed by atoms with E-state index in [1.807, 2.05) is 80.6 Å². The predicted molar refractivity (Wildman–Crippen MR) is 156 cm³/mol. The fourth-order valence-electron chi connectivity index (χ4n) is 5.98. The van der Waals surface area contributed by atoms with E-state index in [0.717, 1.165) is 35.5 Å². The number of aryl methyl sites for hydroxylation is 1. The van der Waals surface area contributed by atoms with Crippen molar-refractivity contribution in [2.75, 3.05) is 13.2 Å². The van der Waals surface area contributed by atoms with E-state index in [2.05, 4.69) is 29.6 Å². The lowest BCUT2D eigenvalue weighted by atomic mass is 9.84. The van der Waals surface area contributed by atoms with Crippen molar-refractivity contribution in [2.24, 2.45) is 11.8 Å². The lowest BCUT2D eigenvalue weighted by molar-refractivity contribution is 0.0361. The lowest BCUT2D eigenvalue weighted by Crippen LogP contribution is -2.38. The van der Waals surface area contributed by atoms with Gasteiger partial charge in [0.2, 0.25) is 0 Å². The van der Waals surface area contributed by atoms with Gasteiger partial charge in [0.05, 0.1) is 12.7 Å². The molecule has 0 radical (unpaired) electrons. The molecule has 6 heteroatoms. The molecule has 1 saturated carbocycles. The highest BCUT2D eigenvalue weighted by Crippen LogP contribution is 2.52. The number of hydrogen-bond acceptors (Lipinski definition) is 5. The molecule has 1 heterocycles. The first-order valence-electron chi connectivity index (χ1n) is 14.2. The second-order valence-corrected chi connectivity index (χ2v) is 11.3. The predicted octanol–water partition coefficient (Wildman–Crippen LogP) is 5.30. The van der Waals surface area contributed by atoms with Crippen LogP contribution >= 0.6 is 0 Å². The van der Waals surface area contributed by atoms with Crippen molar-refractivity contribution >= 4 is 5.91 Å². The van der Waals surface area contributed by atoms with E-state index in [-0.39, 0.29) is 36.4 Å². The summed E-state index contributed by atoms with van der Waals surface area (Å²) in [4.78, 5) is 12.3. The number of amides is 1. The lowest BCUT2D eigenvalue weighted by Gasteiger charge is -2.32. The molecule has 0 saturated heterocycles. The van der Waals surface area contributed by atoms with Crippen LogP contribution in [0.2, 0.25) is 0 Å². The van der Waals surface area contributed by atoms with Crippen molar-refractivity contribution in [1.82, 2.24) is 5.32 Å². The number of aliphatic hydroxyl groups is 2. The Hall–Kier alpha value is -3.61. The highest BCUT2D eigenvalue weighted by molar-refractivity contribution is 5.94. The van der Waals surface area contributed by atoms with Gasteiger partial charge in [-0.3, -0.25) is 4.79 Å². The minimum atomic E-state index is -0.636. The minimum absolute atomic E-state index is 0.0523. The molecule has 3 N–H and O–H groups in total. The molecule has 5 atom stereocenters. The van der Waals surface area contributed by atoms with E-state index in [0.29, 0.717) is 18.5 Å². The first-order valence-corrected chi connectivity index (χ1v) is 14.2. The maximum Gasteiger partial charge on any atom is 0.251 e. The van der Waals surface area contributed by atoms with Gasteiger partial charge in [0.15, 0.2) is 0 Å². The Bertz CT molecular complexity index is 1310. The zero-order valence-corrected chi connectivity index (χ0v) is 23.2. The number of rotatable bonds is 11. The second kappa shape index (κ2) is 12.3. The van der Waals surface area contributed by atoms with Crippen molar-refractivity contribution in [1.29, 1.82) is 0 Å². The SMILES string of the molecule is CC(C)(Oc1ccccc1)C(/C=C/C1C(O)CC2Oc3c(CCCNC(=O)c4ccccc4)cccc3C21)CO. The highest BCUT2D eigenvalue weighted by Gasteiger charge is 2.49. The normalized spacial score (nSPS) is 22.4. The average molecular weight is 542 g/mol. The third kappa shape index (κ3) is 6.08. The maximum atomic E-state index is 12.3. The van der Waals surface area contributed by atoms with E-state index in [1.54, 1.807) is 0 Å². The molecule has 1 amide bonds. The fourth-order valence-corrected chi connectivity index (χ4v) is 5.98. The molecular formula is C34H39NO5. The second-order valence-electron chi connectivity index (χ2n) is 11.3. The van der Waals surface area contributed by atoms with Gasteiger partial charge in [-0.1, -0.05) is 66.7 Å². The van der Waals surface area contributed by atoms with Crippen LogP contribution in [0.1, 0.15) is 54.1 Å². The fraction of sp³-hybridized carbons (Fsp3) is 0.382. The Labute approximate surface area is 236 Å². The number of para-hydroxylation sites is 2. The number of aliphatic hydroxyl groups excluding tert-OH is 2. The number of hydrogen-bond donors (Lipinski definition) is 3. The molecule has 3 aromatic carbocycles. The Morgan fingerprint density at radius 2 is 1.80 bits per heavy atom. The van der Waals surface area contributed by atoms with Gasteiger partial charge in [-0.15, -0.1) is 0 Å². The molecule has 6 nitrogen and oxygen atoms in total. The van der Waals surface area contributed by atoms with Gasteiger partial charge in [0, 0.05) is 41.8 Å². The van der Waals surface area contributed by atoms with Gasteiger partial charge in [0.1, 0.15) is 23.2 Å². The molecule has 40 heavy (non-hydrogen) atoms. The van der Waals surface area contributed by atoms with Crippen LogP contribution in [0.25, 0.3) is 0 Å². The molecule has 3 aromatic rings. The van der Waals surface area contributed by atoms with Crippen LogP contribution in [0.5, 0.6) is 11.5 Å². The van der Waals surface area contributed by atoms with Gasteiger partial charge in [-0.2, -0.15) is 0 Å². The van der Waals surface area contributed by atoms with E-state index in [9.17, 15) is 15.0 Å². The minimum Gasteiger partial charge on any atom is -0.489 e. The molecular weight excluding hydrogens is 502 g/mol. The summed E-state index contributed by atoms with van der Waals surface area (Å²) in [6.45, 7) is 4.46. The first kappa shape index (κ1) is 27.9. The van der Waals surface area contributed by atoms with Crippen LogP contribution in [0.15, 0.2) is 91.0 Å². The Balaban J connectivity index is 1.24. The first-order chi connectivity index (χ1) is 19.4. The van der Waals surface area contributed by atoms with E-state index in [1.165, 1.54) is 0 Å². The molecule has 1 fully saturated rings. The molecule has 0 spiro atoms. The quantitative estimate of drug-likeness (QED) is 0.227. The highest BCUT2D eigenvalue weighted by atomic mass is 16.5. The standard InChI is InChI=1S/C34H39NO5/c1-34(2,40-26-15-7-4-8-16-26)25(22-36)18-19-27-29(37)21-30-31(27)28-17-9-13-23(32(28)39-30)14-10-20-35-33(38)24-11-5-3-6-12-24/h3-9,11-13,15-19,25,27,29-31,36-37H,10,14,20-22H2,1-2H3,(H,35,38)/b19-18+. The van der Waals surface area contributed by atoms with Crippen LogP contribution in [0.3, 0.4) is 0 Å². The molecule has 5 unspecified atom stereocenters. The number of fused-ring (bicyclic) bond motifs is 3. The molecule has 2 aliphatic rings. The summed E-state index contributed by atoms with van der Waals surface area (Å²) >= 11 is 0. The Kier molecular flexibility index (Phi) is 8.57. The van der Waals surface area contributed by atoms with Crippen molar-refractivity contribution in [3.63, 3.8) is 0 Å². The molecule has 1 aliphatic carbocycles. The summed E-state index contributed by atoms with van der Waals surface area (Å²) in [7, 11) is 0. The van der Waals surface area contributed by atoms with Crippen molar-refractivity contribution in [2.45, 2.75) is 56.8 Å². The molecule has 1 aliphatic heterocycles. The van der Waals surface area contributed by atoms with Crippen molar-refractivity contribution in [3.05, 3.63) is 108 Å². The maximum absolute atomic E-state index is 12.3. The summed E-state index contributed by atoms with van der Waals surface area (Å²) < 4.78 is 12.7. The van der Waals surface area contributed by atoms with Gasteiger partial charge in [0.25, 0.3) is 5.91 Å². The Morgan fingerprint density at radius 3 is 2.52 bits per heavy atom.